The lowest BCUT2D eigenvalue weighted by atomic mass is 10.2. The fraction of sp³-hybridized carbons (Fsp3) is 0.125. The van der Waals surface area contributed by atoms with Crippen LogP contribution in [-0.4, -0.2) is 22.6 Å². The molecule has 106 valence electrons. The van der Waals surface area contributed by atoms with Crippen LogP contribution < -0.4 is 10.6 Å². The van der Waals surface area contributed by atoms with Crippen LogP contribution in [0.4, 0.5) is 5.69 Å². The van der Waals surface area contributed by atoms with Crippen LogP contribution >= 0.6 is 0 Å². The maximum Gasteiger partial charge on any atom is 0.251 e. The summed E-state index contributed by atoms with van der Waals surface area (Å²) in [6, 6.07) is 13.4. The number of carbonyl (C=O) groups is 1. The van der Waals surface area contributed by atoms with E-state index in [0.717, 1.165) is 16.8 Å². The van der Waals surface area contributed by atoms with E-state index >= 15 is 0 Å². The zero-order valence-electron chi connectivity index (χ0n) is 11.7. The Balaban J connectivity index is 1.77. The van der Waals surface area contributed by atoms with Crippen molar-refractivity contribution in [3.63, 3.8) is 0 Å². The monoisotopic (exact) mass is 280 g/mol. The van der Waals surface area contributed by atoms with Gasteiger partial charge in [-0.15, -0.1) is 0 Å². The Labute approximate surface area is 122 Å². The normalized spacial score (nSPS) is 10.5. The molecule has 5 heteroatoms. The van der Waals surface area contributed by atoms with Gasteiger partial charge in [0.15, 0.2) is 0 Å². The van der Waals surface area contributed by atoms with Gasteiger partial charge in [0.2, 0.25) is 0 Å². The highest BCUT2D eigenvalue weighted by Gasteiger charge is 2.05. The number of anilines is 1. The minimum absolute atomic E-state index is 0.0883. The highest BCUT2D eigenvalue weighted by Crippen LogP contribution is 2.15. The zero-order chi connectivity index (χ0) is 14.7. The van der Waals surface area contributed by atoms with Gasteiger partial charge in [-0.25, -0.2) is 4.52 Å². The number of hydrogen-bond donors (Lipinski definition) is 2. The van der Waals surface area contributed by atoms with Crippen molar-refractivity contribution in [3.05, 3.63) is 66.0 Å². The molecule has 2 heterocycles. The topological polar surface area (TPSA) is 58.4 Å². The second-order valence-corrected chi connectivity index (χ2v) is 4.71. The summed E-state index contributed by atoms with van der Waals surface area (Å²) in [6.45, 7) is 0.657. The molecule has 0 aliphatic rings. The molecule has 0 radical (unpaired) electrons. The molecule has 0 atom stereocenters. The van der Waals surface area contributed by atoms with Crippen LogP contribution in [0.1, 0.15) is 15.9 Å². The molecule has 3 rings (SSSR count). The number of nitrogens with one attached hydrogen (secondary N) is 2. The van der Waals surface area contributed by atoms with E-state index in [1.165, 1.54) is 0 Å². The Morgan fingerprint density at radius 3 is 3.00 bits per heavy atom. The SMILES string of the molecule is CNC(=O)c1cccc(NCc2cnn3ccccc23)c1. The predicted octanol–water partition coefficient (Wildman–Crippen LogP) is 2.31. The highest BCUT2D eigenvalue weighted by molar-refractivity contribution is 5.94. The molecule has 0 bridgehead atoms. The molecule has 2 aromatic heterocycles. The highest BCUT2D eigenvalue weighted by atomic mass is 16.1. The number of fused-ring (bicyclic) bond motifs is 1. The van der Waals surface area contributed by atoms with E-state index < -0.39 is 0 Å². The van der Waals surface area contributed by atoms with E-state index in [2.05, 4.69) is 15.7 Å². The number of carbonyl (C=O) groups excluding carboxylic acids is 1. The van der Waals surface area contributed by atoms with Crippen molar-refractivity contribution in [1.82, 2.24) is 14.9 Å². The summed E-state index contributed by atoms with van der Waals surface area (Å²) in [6.07, 6.45) is 3.77. The van der Waals surface area contributed by atoms with Crippen LogP contribution in [0.3, 0.4) is 0 Å². The standard InChI is InChI=1S/C16H16N4O/c1-17-16(21)12-5-4-6-14(9-12)18-10-13-11-19-20-8-3-2-7-15(13)20/h2-9,11,18H,10H2,1H3,(H,17,21). The van der Waals surface area contributed by atoms with E-state index in [0.29, 0.717) is 12.1 Å². The smallest absolute Gasteiger partial charge is 0.251 e. The second kappa shape index (κ2) is 5.66. The minimum atomic E-state index is -0.0883. The van der Waals surface area contributed by atoms with E-state index in [-0.39, 0.29) is 5.91 Å². The maximum atomic E-state index is 11.6. The van der Waals surface area contributed by atoms with Gasteiger partial charge in [0, 0.05) is 36.6 Å². The van der Waals surface area contributed by atoms with E-state index in [1.54, 1.807) is 13.1 Å². The minimum Gasteiger partial charge on any atom is -0.381 e. The van der Waals surface area contributed by atoms with Crippen molar-refractivity contribution < 1.29 is 4.79 Å². The molecule has 21 heavy (non-hydrogen) atoms. The van der Waals surface area contributed by atoms with Gasteiger partial charge in [0.05, 0.1) is 11.7 Å². The van der Waals surface area contributed by atoms with Gasteiger partial charge in [-0.05, 0) is 30.3 Å². The first-order valence-electron chi connectivity index (χ1n) is 6.75. The molecule has 5 nitrogen and oxygen atoms in total. The zero-order valence-corrected chi connectivity index (χ0v) is 11.7. The predicted molar refractivity (Wildman–Crippen MR) is 82.4 cm³/mol. The molecular formula is C16H16N4O. The van der Waals surface area contributed by atoms with Crippen molar-refractivity contribution in [2.75, 3.05) is 12.4 Å². The summed E-state index contributed by atoms with van der Waals surface area (Å²) in [7, 11) is 1.63. The second-order valence-electron chi connectivity index (χ2n) is 4.71. The van der Waals surface area contributed by atoms with Crippen LogP contribution in [0, 0.1) is 0 Å². The fourth-order valence-electron chi connectivity index (χ4n) is 2.24. The first-order chi connectivity index (χ1) is 10.3. The van der Waals surface area contributed by atoms with Gasteiger partial charge in [0.1, 0.15) is 0 Å². The van der Waals surface area contributed by atoms with Gasteiger partial charge in [0.25, 0.3) is 5.91 Å². The van der Waals surface area contributed by atoms with Crippen molar-refractivity contribution in [2.24, 2.45) is 0 Å². The summed E-state index contributed by atoms with van der Waals surface area (Å²) in [5.41, 5.74) is 3.74. The molecule has 1 aromatic carbocycles. The first-order valence-corrected chi connectivity index (χ1v) is 6.75. The van der Waals surface area contributed by atoms with Gasteiger partial charge in [-0.3, -0.25) is 4.79 Å². The molecule has 0 unspecified atom stereocenters. The van der Waals surface area contributed by atoms with Crippen LogP contribution in [-0.2, 0) is 6.54 Å². The largest absolute Gasteiger partial charge is 0.381 e. The lowest BCUT2D eigenvalue weighted by Crippen LogP contribution is -2.17. The molecule has 0 aliphatic carbocycles. The van der Waals surface area contributed by atoms with Gasteiger partial charge in [-0.2, -0.15) is 5.10 Å². The summed E-state index contributed by atoms with van der Waals surface area (Å²) in [4.78, 5) is 11.6. The molecule has 0 fully saturated rings. The lowest BCUT2D eigenvalue weighted by molar-refractivity contribution is 0.0963. The van der Waals surface area contributed by atoms with Crippen LogP contribution in [0.5, 0.6) is 0 Å². The molecule has 0 aliphatic heterocycles. The summed E-state index contributed by atoms with van der Waals surface area (Å²) in [5, 5.41) is 10.3. The quantitative estimate of drug-likeness (QED) is 0.771. The van der Waals surface area contributed by atoms with Crippen molar-refractivity contribution in [3.8, 4) is 0 Å². The van der Waals surface area contributed by atoms with E-state index in [4.69, 9.17) is 0 Å². The molecule has 0 saturated carbocycles. The fourth-order valence-corrected chi connectivity index (χ4v) is 2.24. The Bertz CT molecular complexity index is 779. The Morgan fingerprint density at radius 2 is 2.14 bits per heavy atom. The third-order valence-electron chi connectivity index (χ3n) is 3.34. The van der Waals surface area contributed by atoms with Gasteiger partial charge < -0.3 is 10.6 Å². The van der Waals surface area contributed by atoms with Crippen LogP contribution in [0.25, 0.3) is 5.52 Å². The molecular weight excluding hydrogens is 264 g/mol. The van der Waals surface area contributed by atoms with E-state index in [1.807, 2.05) is 53.3 Å². The number of benzene rings is 1. The molecule has 0 saturated heterocycles. The third kappa shape index (κ3) is 2.72. The van der Waals surface area contributed by atoms with E-state index in [9.17, 15) is 4.79 Å². The summed E-state index contributed by atoms with van der Waals surface area (Å²) >= 11 is 0. The van der Waals surface area contributed by atoms with Gasteiger partial charge in [-0.1, -0.05) is 12.1 Å². The van der Waals surface area contributed by atoms with Crippen molar-refractivity contribution in [1.29, 1.82) is 0 Å². The summed E-state index contributed by atoms with van der Waals surface area (Å²) in [5.74, 6) is -0.0883. The summed E-state index contributed by atoms with van der Waals surface area (Å²) < 4.78 is 1.85. The average Bonchev–Trinajstić information content (AvgIpc) is 2.95. The molecule has 1 amide bonds. The number of amides is 1. The lowest BCUT2D eigenvalue weighted by Gasteiger charge is -2.07. The first kappa shape index (κ1) is 13.2. The Kier molecular flexibility index (Phi) is 3.55. The Morgan fingerprint density at radius 1 is 1.24 bits per heavy atom. The number of rotatable bonds is 4. The van der Waals surface area contributed by atoms with Crippen LogP contribution in [0.15, 0.2) is 54.9 Å². The van der Waals surface area contributed by atoms with Gasteiger partial charge >= 0.3 is 0 Å². The molecule has 2 N–H and O–H groups in total. The van der Waals surface area contributed by atoms with Crippen molar-refractivity contribution in [2.45, 2.75) is 6.54 Å². The molecule has 0 spiro atoms. The number of nitrogens with zero attached hydrogens (tertiary/aromatic N) is 2. The van der Waals surface area contributed by atoms with Crippen LogP contribution in [0.2, 0.25) is 0 Å². The number of hydrogen-bond acceptors (Lipinski definition) is 3. The van der Waals surface area contributed by atoms with Crippen molar-refractivity contribution >= 4 is 17.1 Å². The molecule has 3 aromatic rings. The number of aromatic nitrogens is 2. The third-order valence-corrected chi connectivity index (χ3v) is 3.34. The average molecular weight is 280 g/mol. The number of pyridine rings is 1. The maximum absolute atomic E-state index is 11.6. The Hall–Kier alpha value is -2.82.